The third kappa shape index (κ3) is 1.31. The van der Waals surface area contributed by atoms with Crippen LogP contribution in [0.4, 0.5) is 0 Å². The average molecular weight is 300 g/mol. The summed E-state index contributed by atoms with van der Waals surface area (Å²) < 4.78 is 7.07. The number of halogens is 1. The number of hydrogen-bond donors (Lipinski definition) is 0. The molecule has 3 heteroatoms. The van der Waals surface area contributed by atoms with Crippen molar-refractivity contribution in [2.75, 3.05) is 0 Å². The van der Waals surface area contributed by atoms with E-state index in [9.17, 15) is 0 Å². The van der Waals surface area contributed by atoms with Crippen LogP contribution in [0.5, 0.6) is 5.75 Å². The predicted molar refractivity (Wildman–Crippen MR) is 74.4 cm³/mol. The van der Waals surface area contributed by atoms with Gasteiger partial charge in [-0.2, -0.15) is 0 Å². The summed E-state index contributed by atoms with van der Waals surface area (Å²) in [6.07, 6.45) is 6.11. The third-order valence-corrected chi connectivity index (χ3v) is 4.08. The summed E-state index contributed by atoms with van der Waals surface area (Å²) in [4.78, 5) is 4.59. The van der Waals surface area contributed by atoms with E-state index >= 15 is 0 Å². The summed E-state index contributed by atoms with van der Waals surface area (Å²) in [5, 5.41) is 2.38. The highest BCUT2D eigenvalue weighted by molar-refractivity contribution is 9.10. The Labute approximate surface area is 113 Å². The van der Waals surface area contributed by atoms with E-state index in [1.54, 1.807) is 0 Å². The molecule has 1 aromatic carbocycles. The molecule has 0 amide bonds. The molecule has 1 aliphatic heterocycles. The first-order chi connectivity index (χ1) is 8.84. The molecule has 4 rings (SSSR count). The second-order valence-electron chi connectivity index (χ2n) is 4.51. The molecular weight excluding hydrogens is 290 g/mol. The van der Waals surface area contributed by atoms with Crippen molar-refractivity contribution in [2.24, 2.45) is 0 Å². The van der Waals surface area contributed by atoms with Crippen LogP contribution in [-0.4, -0.2) is 4.98 Å². The molecule has 88 valence electrons. The van der Waals surface area contributed by atoms with E-state index in [0.29, 0.717) is 0 Å². The van der Waals surface area contributed by atoms with E-state index in [4.69, 9.17) is 4.74 Å². The lowest BCUT2D eigenvalue weighted by Crippen LogP contribution is -2.37. The Bertz CT molecular complexity index is 780. The van der Waals surface area contributed by atoms with Gasteiger partial charge >= 0.3 is 0 Å². The maximum absolute atomic E-state index is 6.03. The monoisotopic (exact) mass is 299 g/mol. The number of pyridine rings is 1. The van der Waals surface area contributed by atoms with Crippen LogP contribution in [0.2, 0.25) is 0 Å². The SMILES string of the molecule is Brc1cnc2c3c1=CCCC=3Oc1ccccc1-2. The average Bonchev–Trinajstić information content (AvgIpc) is 2.42. The quantitative estimate of drug-likeness (QED) is 0.746. The number of fused-ring (bicyclic) bond motifs is 2. The molecule has 0 saturated heterocycles. The summed E-state index contributed by atoms with van der Waals surface area (Å²) in [5.41, 5.74) is 2.13. The maximum Gasteiger partial charge on any atom is 0.136 e. The fourth-order valence-electron chi connectivity index (χ4n) is 2.65. The van der Waals surface area contributed by atoms with Gasteiger partial charge in [-0.25, -0.2) is 0 Å². The molecule has 1 aliphatic carbocycles. The normalized spacial score (nSPS) is 15.3. The number of aromatic nitrogens is 1. The first-order valence-electron chi connectivity index (χ1n) is 6.00. The van der Waals surface area contributed by atoms with E-state index in [1.807, 2.05) is 24.4 Å². The number of benzene rings is 1. The van der Waals surface area contributed by atoms with Gasteiger partial charge < -0.3 is 4.74 Å². The van der Waals surface area contributed by atoms with Crippen molar-refractivity contribution in [3.8, 4) is 17.0 Å². The zero-order valence-corrected chi connectivity index (χ0v) is 11.2. The highest BCUT2D eigenvalue weighted by atomic mass is 79.9. The fraction of sp³-hybridized carbons (Fsp3) is 0.133. The Morgan fingerprint density at radius 2 is 2.11 bits per heavy atom. The molecule has 0 unspecified atom stereocenters. The summed E-state index contributed by atoms with van der Waals surface area (Å²) >= 11 is 3.57. The largest absolute Gasteiger partial charge is 0.460 e. The highest BCUT2D eigenvalue weighted by Crippen LogP contribution is 2.32. The lowest BCUT2D eigenvalue weighted by atomic mass is 9.99. The maximum atomic E-state index is 6.03. The Balaban J connectivity index is 2.21. The van der Waals surface area contributed by atoms with Gasteiger partial charge in [-0.3, -0.25) is 4.98 Å². The van der Waals surface area contributed by atoms with Gasteiger partial charge in [0, 0.05) is 27.9 Å². The molecule has 0 bridgehead atoms. The van der Waals surface area contributed by atoms with Gasteiger partial charge in [0.15, 0.2) is 0 Å². The lowest BCUT2D eigenvalue weighted by Gasteiger charge is -2.22. The van der Waals surface area contributed by atoms with E-state index < -0.39 is 0 Å². The lowest BCUT2D eigenvalue weighted by molar-refractivity contribution is 0.481. The van der Waals surface area contributed by atoms with Crippen molar-refractivity contribution in [3.05, 3.63) is 45.4 Å². The van der Waals surface area contributed by atoms with Gasteiger partial charge in [0.2, 0.25) is 0 Å². The third-order valence-electron chi connectivity index (χ3n) is 3.44. The van der Waals surface area contributed by atoms with E-state index in [2.05, 4.69) is 33.1 Å². The van der Waals surface area contributed by atoms with Crippen LogP contribution in [-0.2, 0) is 0 Å². The van der Waals surface area contributed by atoms with Crippen molar-refractivity contribution in [3.63, 3.8) is 0 Å². The van der Waals surface area contributed by atoms with E-state index in [1.165, 1.54) is 5.22 Å². The number of nitrogens with zero attached hydrogens (tertiary/aromatic N) is 1. The predicted octanol–water partition coefficient (Wildman–Crippen LogP) is 2.59. The van der Waals surface area contributed by atoms with Crippen LogP contribution in [0.15, 0.2) is 34.9 Å². The smallest absolute Gasteiger partial charge is 0.136 e. The van der Waals surface area contributed by atoms with Crippen LogP contribution >= 0.6 is 15.9 Å². The van der Waals surface area contributed by atoms with Crippen LogP contribution in [0.3, 0.4) is 0 Å². The van der Waals surface area contributed by atoms with Crippen LogP contribution < -0.4 is 15.2 Å². The molecule has 0 radical (unpaired) electrons. The van der Waals surface area contributed by atoms with Crippen LogP contribution in [0.1, 0.15) is 12.8 Å². The van der Waals surface area contributed by atoms with Crippen molar-refractivity contribution in [1.29, 1.82) is 0 Å². The fourth-order valence-corrected chi connectivity index (χ4v) is 3.11. The molecule has 18 heavy (non-hydrogen) atoms. The Morgan fingerprint density at radius 3 is 3.06 bits per heavy atom. The van der Waals surface area contributed by atoms with Gasteiger partial charge in [0.05, 0.1) is 5.69 Å². The van der Waals surface area contributed by atoms with Gasteiger partial charge in [-0.05, 0) is 39.7 Å². The minimum absolute atomic E-state index is 0.919. The van der Waals surface area contributed by atoms with Crippen molar-refractivity contribution in [2.45, 2.75) is 12.8 Å². The molecule has 2 aromatic rings. The zero-order valence-electron chi connectivity index (χ0n) is 9.61. The first kappa shape index (κ1) is 10.3. The summed E-state index contributed by atoms with van der Waals surface area (Å²) in [7, 11) is 0. The van der Waals surface area contributed by atoms with Crippen molar-refractivity contribution >= 4 is 27.8 Å². The molecule has 2 aliphatic rings. The Kier molecular flexibility index (Phi) is 2.12. The standard InChI is InChI=1S/C15H10BrNO/c16-11-8-17-15-10-4-1-2-6-12(10)18-13-7-3-5-9(11)14(13)15/h1-2,4-6,8H,3,7H2. The minimum atomic E-state index is 0.919. The summed E-state index contributed by atoms with van der Waals surface area (Å²) in [5.74, 6) is 1.97. The number of rotatable bonds is 0. The second-order valence-corrected chi connectivity index (χ2v) is 5.36. The molecule has 0 N–H and O–H groups in total. The molecule has 0 saturated carbocycles. The number of para-hydroxylation sites is 1. The Morgan fingerprint density at radius 1 is 1.22 bits per heavy atom. The highest BCUT2D eigenvalue weighted by Gasteiger charge is 2.21. The van der Waals surface area contributed by atoms with Crippen molar-refractivity contribution in [1.82, 2.24) is 4.98 Å². The summed E-state index contributed by atoms with van der Waals surface area (Å²) in [6, 6.07) is 8.10. The molecule has 0 spiro atoms. The number of ether oxygens (including phenoxy) is 1. The molecule has 0 fully saturated rings. The second kappa shape index (κ2) is 3.69. The molecule has 1 aromatic heterocycles. The van der Waals surface area contributed by atoms with Crippen LogP contribution in [0.25, 0.3) is 23.1 Å². The van der Waals surface area contributed by atoms with Gasteiger partial charge in [0.1, 0.15) is 11.5 Å². The minimum Gasteiger partial charge on any atom is -0.460 e. The van der Waals surface area contributed by atoms with E-state index in [-0.39, 0.29) is 0 Å². The van der Waals surface area contributed by atoms with Gasteiger partial charge in [-0.15, -0.1) is 0 Å². The van der Waals surface area contributed by atoms with Gasteiger partial charge in [-0.1, -0.05) is 18.2 Å². The topological polar surface area (TPSA) is 22.1 Å². The first-order valence-corrected chi connectivity index (χ1v) is 6.79. The molecule has 0 atom stereocenters. The molecule has 2 heterocycles. The molecular formula is C15H10BrNO. The van der Waals surface area contributed by atoms with Crippen LogP contribution in [0, 0.1) is 0 Å². The molecule has 2 nitrogen and oxygen atoms in total. The van der Waals surface area contributed by atoms with Crippen molar-refractivity contribution < 1.29 is 4.74 Å². The van der Waals surface area contributed by atoms with E-state index in [0.717, 1.165) is 45.3 Å². The number of hydrogen-bond acceptors (Lipinski definition) is 2. The Hall–Kier alpha value is -1.61. The summed E-state index contributed by atoms with van der Waals surface area (Å²) in [6.45, 7) is 0. The van der Waals surface area contributed by atoms with Gasteiger partial charge in [0.25, 0.3) is 0 Å². The zero-order chi connectivity index (χ0) is 12.1.